The van der Waals surface area contributed by atoms with Crippen LogP contribution in [0, 0.1) is 17.1 Å². The first-order chi connectivity index (χ1) is 22.6. The van der Waals surface area contributed by atoms with Crippen molar-refractivity contribution in [3.8, 4) is 23.2 Å². The van der Waals surface area contributed by atoms with Crippen molar-refractivity contribution < 1.29 is 22.3 Å². The predicted molar refractivity (Wildman–Crippen MR) is 174 cm³/mol. The number of aromatic nitrogens is 2. The summed E-state index contributed by atoms with van der Waals surface area (Å²) in [5.41, 5.74) is 5.28. The summed E-state index contributed by atoms with van der Waals surface area (Å²) in [7, 11) is 0. The second-order valence-corrected chi connectivity index (χ2v) is 14.6. The van der Waals surface area contributed by atoms with Crippen molar-refractivity contribution >= 4 is 54.7 Å². The molecule has 8 nitrogen and oxygen atoms in total. The molecule has 0 radical (unpaired) electrons. The van der Waals surface area contributed by atoms with Crippen LogP contribution in [0.2, 0.25) is 5.02 Å². The van der Waals surface area contributed by atoms with Crippen LogP contribution in [0.25, 0.3) is 32.1 Å². The van der Waals surface area contributed by atoms with E-state index in [9.17, 15) is 18.4 Å². The molecule has 14 heteroatoms. The summed E-state index contributed by atoms with van der Waals surface area (Å²) in [6.45, 7) is 1.85. The van der Waals surface area contributed by atoms with Crippen molar-refractivity contribution in [2.45, 2.75) is 55.4 Å². The third-order valence-corrected chi connectivity index (χ3v) is 11.5. The Hall–Kier alpha value is -3.70. The molecule has 47 heavy (non-hydrogen) atoms. The Kier molecular flexibility index (Phi) is 7.29. The van der Waals surface area contributed by atoms with Crippen molar-refractivity contribution in [3.63, 3.8) is 0 Å². The number of hydrogen-bond acceptors (Lipinski definition) is 9. The van der Waals surface area contributed by atoms with E-state index in [1.165, 1.54) is 11.3 Å². The average molecular weight is 684 g/mol. The van der Waals surface area contributed by atoms with Gasteiger partial charge in [-0.05, 0) is 49.9 Å². The second-order valence-electron chi connectivity index (χ2n) is 13.1. The number of rotatable bonds is 6. The molecule has 0 amide bonds. The molecule has 244 valence electrons. The number of nitriles is 1. The van der Waals surface area contributed by atoms with Crippen molar-refractivity contribution in [3.05, 3.63) is 52.8 Å². The second kappa shape index (κ2) is 11.2. The first kappa shape index (κ1) is 30.6. The Labute approximate surface area is 276 Å². The molecule has 2 aromatic heterocycles. The van der Waals surface area contributed by atoms with Gasteiger partial charge in [0.05, 0.1) is 21.7 Å². The van der Waals surface area contributed by atoms with Crippen LogP contribution < -0.4 is 20.7 Å². The van der Waals surface area contributed by atoms with Crippen LogP contribution in [0.15, 0.2) is 36.4 Å². The molecule has 4 aromatic rings. The van der Waals surface area contributed by atoms with Gasteiger partial charge in [0.25, 0.3) is 6.08 Å². The van der Waals surface area contributed by atoms with E-state index in [1.54, 1.807) is 24.3 Å². The molecule has 4 aliphatic heterocycles. The summed E-state index contributed by atoms with van der Waals surface area (Å²) in [6.07, 6.45) is 1.42. The van der Waals surface area contributed by atoms with Crippen LogP contribution in [0.3, 0.4) is 0 Å². The number of alkyl halides is 1. The van der Waals surface area contributed by atoms with Crippen LogP contribution in [0.1, 0.15) is 37.7 Å². The van der Waals surface area contributed by atoms with Crippen LogP contribution in [0.4, 0.5) is 28.4 Å². The third-order valence-electron chi connectivity index (χ3n) is 10.2. The summed E-state index contributed by atoms with van der Waals surface area (Å²) in [4.78, 5) is 13.3. The SMILES string of the molecule is N#Cc1c(N)sc2cccc(-c3c(Cl)cc4c(N5C[C@H]6CC[C@@](C=C(F)F)(C5)N6)nc(OCC56CCCN5C[C@H](F)C6)nc4c3F)c12. The van der Waals surface area contributed by atoms with Gasteiger partial charge in [0.1, 0.15) is 35.2 Å². The Morgan fingerprint density at radius 2 is 2.13 bits per heavy atom. The molecule has 0 aliphatic carbocycles. The van der Waals surface area contributed by atoms with E-state index in [4.69, 9.17) is 27.1 Å². The van der Waals surface area contributed by atoms with Crippen molar-refractivity contribution in [2.75, 3.05) is 43.4 Å². The van der Waals surface area contributed by atoms with Crippen LogP contribution >= 0.6 is 22.9 Å². The molecule has 4 fully saturated rings. The quantitative estimate of drug-likeness (QED) is 0.214. The molecule has 4 saturated heterocycles. The lowest BCUT2D eigenvalue weighted by molar-refractivity contribution is 0.107. The normalized spacial score (nSPS) is 27.0. The average Bonchev–Trinajstić information content (AvgIpc) is 3.74. The van der Waals surface area contributed by atoms with E-state index >= 15 is 4.39 Å². The summed E-state index contributed by atoms with van der Waals surface area (Å²) in [5, 5.41) is 14.4. The molecule has 1 unspecified atom stereocenters. The first-order valence-electron chi connectivity index (χ1n) is 15.6. The van der Waals surface area contributed by atoms with Gasteiger partial charge in [-0.15, -0.1) is 11.3 Å². The van der Waals surface area contributed by atoms with Crippen LogP contribution in [-0.2, 0) is 0 Å². The minimum absolute atomic E-state index is 0.0468. The molecule has 2 aromatic carbocycles. The zero-order valence-electron chi connectivity index (χ0n) is 25.1. The molecule has 8 rings (SSSR count). The fourth-order valence-electron chi connectivity index (χ4n) is 8.29. The minimum Gasteiger partial charge on any atom is -0.461 e. The van der Waals surface area contributed by atoms with E-state index in [0.29, 0.717) is 64.2 Å². The van der Waals surface area contributed by atoms with Gasteiger partial charge in [0.2, 0.25) is 0 Å². The molecule has 0 spiro atoms. The summed E-state index contributed by atoms with van der Waals surface area (Å²) >= 11 is 8.09. The lowest BCUT2D eigenvalue weighted by Crippen LogP contribution is -2.59. The van der Waals surface area contributed by atoms with Gasteiger partial charge >= 0.3 is 6.01 Å². The number of nitrogens with zero attached hydrogens (tertiary/aromatic N) is 5. The first-order valence-corrected chi connectivity index (χ1v) is 16.8. The fraction of sp³-hybridized carbons (Fsp3) is 0.424. The maximum atomic E-state index is 17.0. The monoisotopic (exact) mass is 683 g/mol. The zero-order chi connectivity index (χ0) is 32.7. The number of nitrogen functional groups attached to an aromatic ring is 1. The number of benzene rings is 2. The van der Waals surface area contributed by atoms with Gasteiger partial charge in [-0.1, -0.05) is 23.7 Å². The molecule has 6 heterocycles. The molecular formula is C33H30ClF4N7OS. The van der Waals surface area contributed by atoms with Gasteiger partial charge in [-0.25, -0.2) is 8.78 Å². The van der Waals surface area contributed by atoms with Crippen LogP contribution in [-0.4, -0.2) is 70.9 Å². The lowest BCUT2D eigenvalue weighted by Gasteiger charge is -2.40. The number of ether oxygens (including phenoxy) is 1. The standard InChI is InChI=1S/C33H30ClF4N7OS/c34-22-9-20-28(27(38)26(22)19-3-1-4-23-25(19)21(12-39)29(40)47-23)41-31(46-16-33-6-2-8-45(33)13-17(35)10-33)42-30(20)44-14-18-5-7-32(15-44,43-18)11-24(36)37/h1,3-4,9,11,17-18,43H,2,5-8,10,13-16,40H2/t17-,18-,32-,33?/m1/s1. The highest BCUT2D eigenvalue weighted by atomic mass is 35.5. The van der Waals surface area contributed by atoms with E-state index in [-0.39, 0.29) is 46.9 Å². The summed E-state index contributed by atoms with van der Waals surface area (Å²) in [5.74, 6) is -0.427. The number of thiophene rings is 1. The molecule has 2 bridgehead atoms. The van der Waals surface area contributed by atoms with E-state index in [2.05, 4.69) is 21.3 Å². The minimum atomic E-state index is -1.78. The Bertz CT molecular complexity index is 2010. The zero-order valence-corrected chi connectivity index (χ0v) is 26.7. The summed E-state index contributed by atoms with van der Waals surface area (Å²) < 4.78 is 65.6. The number of halogens is 5. The topological polar surface area (TPSA) is 103 Å². The number of nitrogens with one attached hydrogen (secondary N) is 1. The van der Waals surface area contributed by atoms with Crippen LogP contribution in [0.5, 0.6) is 6.01 Å². The Morgan fingerprint density at radius 3 is 2.94 bits per heavy atom. The maximum absolute atomic E-state index is 17.0. The highest BCUT2D eigenvalue weighted by Crippen LogP contribution is 2.46. The predicted octanol–water partition coefficient (Wildman–Crippen LogP) is 6.80. The third kappa shape index (κ3) is 4.99. The van der Waals surface area contributed by atoms with Crippen molar-refractivity contribution in [1.29, 1.82) is 5.26 Å². The van der Waals surface area contributed by atoms with E-state index in [0.717, 1.165) is 25.5 Å². The van der Waals surface area contributed by atoms with Gasteiger partial charge in [-0.2, -0.15) is 24.0 Å². The van der Waals surface area contributed by atoms with Gasteiger partial charge in [0, 0.05) is 59.2 Å². The van der Waals surface area contributed by atoms with Crippen molar-refractivity contribution in [1.82, 2.24) is 20.2 Å². The molecule has 3 N–H and O–H groups in total. The molecule has 4 aliphatic rings. The summed E-state index contributed by atoms with van der Waals surface area (Å²) in [6, 6.07) is 8.76. The molecule has 0 saturated carbocycles. The van der Waals surface area contributed by atoms with E-state index < -0.39 is 29.1 Å². The Morgan fingerprint density at radius 1 is 1.28 bits per heavy atom. The number of nitrogens with two attached hydrogens (primary N) is 1. The highest BCUT2D eigenvalue weighted by molar-refractivity contribution is 7.23. The van der Waals surface area contributed by atoms with Gasteiger partial charge < -0.3 is 20.7 Å². The van der Waals surface area contributed by atoms with Crippen molar-refractivity contribution in [2.24, 2.45) is 0 Å². The number of hydrogen-bond donors (Lipinski definition) is 2. The van der Waals surface area contributed by atoms with Gasteiger partial charge in [-0.3, -0.25) is 4.90 Å². The molecule has 4 atom stereocenters. The molecular weight excluding hydrogens is 654 g/mol. The highest BCUT2D eigenvalue weighted by Gasteiger charge is 2.50. The number of piperazine rings is 1. The Balaban J connectivity index is 1.29. The number of fused-ring (bicyclic) bond motifs is 5. The number of anilines is 2. The smallest absolute Gasteiger partial charge is 0.319 e. The largest absolute Gasteiger partial charge is 0.461 e. The van der Waals surface area contributed by atoms with E-state index in [1.807, 2.05) is 4.90 Å². The lowest BCUT2D eigenvalue weighted by atomic mass is 9.95. The van der Waals surface area contributed by atoms with Gasteiger partial charge in [0.15, 0.2) is 5.82 Å². The maximum Gasteiger partial charge on any atom is 0.319 e. The fourth-order valence-corrected chi connectivity index (χ4v) is 9.53.